The third-order valence-corrected chi connectivity index (χ3v) is 2.81. The molecule has 1 heterocycles. The van der Waals surface area contributed by atoms with E-state index >= 15 is 0 Å². The maximum atomic E-state index is 11.3. The molecule has 4 nitrogen and oxygen atoms in total. The first-order chi connectivity index (χ1) is 8.15. The first-order valence-electron chi connectivity index (χ1n) is 5.57. The number of carbonyl (C=O) groups is 1. The number of primary amides is 1. The van der Waals surface area contributed by atoms with E-state index in [1.165, 1.54) is 6.20 Å². The molecule has 0 radical (unpaired) electrons. The zero-order chi connectivity index (χ0) is 12.4. The van der Waals surface area contributed by atoms with Gasteiger partial charge in [-0.3, -0.25) is 4.79 Å². The van der Waals surface area contributed by atoms with Gasteiger partial charge in [-0.15, -0.1) is 0 Å². The van der Waals surface area contributed by atoms with Gasteiger partial charge in [-0.05, 0) is 25.0 Å². The van der Waals surface area contributed by atoms with Crippen molar-refractivity contribution in [3.63, 3.8) is 0 Å². The number of rotatable bonds is 3. The summed E-state index contributed by atoms with van der Waals surface area (Å²) >= 11 is 0. The van der Waals surface area contributed by atoms with Gasteiger partial charge in [0.1, 0.15) is 0 Å². The van der Waals surface area contributed by atoms with E-state index in [9.17, 15) is 4.79 Å². The molecule has 2 aromatic rings. The Balaban J connectivity index is 2.61. The predicted octanol–water partition coefficient (Wildman–Crippen LogP) is 1.84. The Morgan fingerprint density at radius 1 is 1.41 bits per heavy atom. The summed E-state index contributed by atoms with van der Waals surface area (Å²) in [7, 11) is 0. The highest BCUT2D eigenvalue weighted by Crippen LogP contribution is 2.18. The maximum Gasteiger partial charge on any atom is 0.252 e. The molecule has 88 valence electrons. The van der Waals surface area contributed by atoms with Crippen molar-refractivity contribution in [2.24, 2.45) is 5.73 Å². The van der Waals surface area contributed by atoms with Gasteiger partial charge >= 0.3 is 0 Å². The van der Waals surface area contributed by atoms with E-state index in [4.69, 9.17) is 5.73 Å². The number of amides is 1. The van der Waals surface area contributed by atoms with E-state index in [0.717, 1.165) is 16.9 Å². The quantitative estimate of drug-likeness (QED) is 0.873. The van der Waals surface area contributed by atoms with Crippen molar-refractivity contribution in [3.8, 4) is 5.69 Å². The Kier molecular flexibility index (Phi) is 2.95. The molecule has 0 fully saturated rings. The van der Waals surface area contributed by atoms with Gasteiger partial charge < -0.3 is 5.73 Å². The number of carbonyl (C=O) groups excluding carboxylic acids is 1. The van der Waals surface area contributed by atoms with Crippen molar-refractivity contribution >= 4 is 5.91 Å². The van der Waals surface area contributed by atoms with Gasteiger partial charge in [0.15, 0.2) is 0 Å². The van der Waals surface area contributed by atoms with Crippen LogP contribution in [0.15, 0.2) is 30.5 Å². The minimum absolute atomic E-state index is 0.429. The van der Waals surface area contributed by atoms with Crippen molar-refractivity contribution in [2.75, 3.05) is 0 Å². The topological polar surface area (TPSA) is 60.9 Å². The summed E-state index contributed by atoms with van der Waals surface area (Å²) in [5.41, 5.74) is 8.77. The Morgan fingerprint density at radius 2 is 2.12 bits per heavy atom. The molecule has 1 amide bonds. The normalized spacial score (nSPS) is 10.5. The van der Waals surface area contributed by atoms with Gasteiger partial charge in [-0.2, -0.15) is 5.10 Å². The summed E-state index contributed by atoms with van der Waals surface area (Å²) in [4.78, 5) is 11.3. The second kappa shape index (κ2) is 4.41. The van der Waals surface area contributed by atoms with E-state index in [0.29, 0.717) is 12.0 Å². The number of hydrogen-bond donors (Lipinski definition) is 1. The fourth-order valence-corrected chi connectivity index (χ4v) is 1.93. The molecule has 0 unspecified atom stereocenters. The molecule has 0 aliphatic heterocycles. The zero-order valence-corrected chi connectivity index (χ0v) is 9.97. The lowest BCUT2D eigenvalue weighted by Gasteiger charge is -2.09. The molecule has 1 aromatic heterocycles. The van der Waals surface area contributed by atoms with Gasteiger partial charge in [0.05, 0.1) is 23.1 Å². The second-order valence-electron chi connectivity index (χ2n) is 3.92. The molecule has 1 aromatic carbocycles. The molecule has 17 heavy (non-hydrogen) atoms. The fraction of sp³-hybridized carbons (Fsp3) is 0.231. The molecule has 4 heteroatoms. The second-order valence-corrected chi connectivity index (χ2v) is 3.92. The summed E-state index contributed by atoms with van der Waals surface area (Å²) in [5, 5.41) is 4.26. The SMILES string of the molecule is CCc1c(C(N)=O)cnn1-c1ccccc1C. The van der Waals surface area contributed by atoms with Gasteiger partial charge in [-0.1, -0.05) is 25.1 Å². The Labute approximate surface area is 100 Å². The van der Waals surface area contributed by atoms with Gasteiger partial charge in [0.2, 0.25) is 0 Å². The minimum atomic E-state index is -0.429. The van der Waals surface area contributed by atoms with Crippen molar-refractivity contribution in [3.05, 3.63) is 47.3 Å². The van der Waals surface area contributed by atoms with Crippen LogP contribution in [0.5, 0.6) is 0 Å². The van der Waals surface area contributed by atoms with E-state index in [2.05, 4.69) is 5.10 Å². The highest BCUT2D eigenvalue weighted by Gasteiger charge is 2.15. The van der Waals surface area contributed by atoms with Crippen LogP contribution in [0.2, 0.25) is 0 Å². The summed E-state index contributed by atoms with van der Waals surface area (Å²) in [6.45, 7) is 4.00. The molecular formula is C13H15N3O. The van der Waals surface area contributed by atoms with Crippen LogP contribution in [0.4, 0.5) is 0 Å². The first-order valence-corrected chi connectivity index (χ1v) is 5.57. The molecule has 0 saturated carbocycles. The van der Waals surface area contributed by atoms with Crippen LogP contribution in [0, 0.1) is 6.92 Å². The molecule has 0 atom stereocenters. The predicted molar refractivity (Wildman–Crippen MR) is 66.2 cm³/mol. The molecule has 2 N–H and O–H groups in total. The smallest absolute Gasteiger partial charge is 0.252 e. The highest BCUT2D eigenvalue weighted by atomic mass is 16.1. The van der Waals surface area contributed by atoms with Crippen LogP contribution in [0.1, 0.15) is 28.5 Å². The van der Waals surface area contributed by atoms with E-state index in [1.807, 2.05) is 38.1 Å². The molecule has 0 bridgehead atoms. The number of benzene rings is 1. The number of aryl methyl sites for hydroxylation is 1. The standard InChI is InChI=1S/C13H15N3O/c1-3-11-10(13(14)17)8-15-16(11)12-7-5-4-6-9(12)2/h4-8H,3H2,1-2H3,(H2,14,17). The fourth-order valence-electron chi connectivity index (χ4n) is 1.93. The molecular weight excluding hydrogens is 214 g/mol. The van der Waals surface area contributed by atoms with E-state index < -0.39 is 5.91 Å². The van der Waals surface area contributed by atoms with E-state index in [-0.39, 0.29) is 0 Å². The third-order valence-electron chi connectivity index (χ3n) is 2.81. The number of nitrogens with two attached hydrogens (primary N) is 1. The zero-order valence-electron chi connectivity index (χ0n) is 9.97. The number of nitrogens with zero attached hydrogens (tertiary/aromatic N) is 2. The minimum Gasteiger partial charge on any atom is -0.365 e. The lowest BCUT2D eigenvalue weighted by Crippen LogP contribution is -2.13. The average Bonchev–Trinajstić information content (AvgIpc) is 2.73. The van der Waals surface area contributed by atoms with Crippen LogP contribution >= 0.6 is 0 Å². The van der Waals surface area contributed by atoms with Crippen LogP contribution in [0.3, 0.4) is 0 Å². The van der Waals surface area contributed by atoms with Gasteiger partial charge in [-0.25, -0.2) is 4.68 Å². The summed E-state index contributed by atoms with van der Waals surface area (Å²) in [5.74, 6) is -0.429. The summed E-state index contributed by atoms with van der Waals surface area (Å²) in [6, 6.07) is 7.92. The van der Waals surface area contributed by atoms with Crippen LogP contribution in [-0.2, 0) is 6.42 Å². The van der Waals surface area contributed by atoms with Crippen molar-refractivity contribution < 1.29 is 4.79 Å². The lowest BCUT2D eigenvalue weighted by atomic mass is 10.1. The van der Waals surface area contributed by atoms with Crippen LogP contribution in [0.25, 0.3) is 5.69 Å². The van der Waals surface area contributed by atoms with Gasteiger partial charge in [0.25, 0.3) is 5.91 Å². The lowest BCUT2D eigenvalue weighted by molar-refractivity contribution is 0.0999. The number of aromatic nitrogens is 2. The molecule has 0 saturated heterocycles. The van der Waals surface area contributed by atoms with Crippen molar-refractivity contribution in [2.45, 2.75) is 20.3 Å². The Hall–Kier alpha value is -2.10. The molecule has 2 rings (SSSR count). The molecule has 0 aliphatic carbocycles. The average molecular weight is 229 g/mol. The summed E-state index contributed by atoms with van der Waals surface area (Å²) < 4.78 is 1.79. The van der Waals surface area contributed by atoms with Crippen molar-refractivity contribution in [1.29, 1.82) is 0 Å². The first kappa shape index (κ1) is 11.4. The van der Waals surface area contributed by atoms with Crippen LogP contribution in [-0.4, -0.2) is 15.7 Å². The maximum absolute atomic E-state index is 11.3. The van der Waals surface area contributed by atoms with E-state index in [1.54, 1.807) is 4.68 Å². The largest absolute Gasteiger partial charge is 0.365 e. The Morgan fingerprint density at radius 3 is 2.71 bits per heavy atom. The third kappa shape index (κ3) is 1.93. The number of para-hydroxylation sites is 1. The Bertz CT molecular complexity index is 558. The summed E-state index contributed by atoms with van der Waals surface area (Å²) in [6.07, 6.45) is 2.25. The molecule has 0 spiro atoms. The van der Waals surface area contributed by atoms with Gasteiger partial charge in [0, 0.05) is 0 Å². The van der Waals surface area contributed by atoms with Crippen molar-refractivity contribution in [1.82, 2.24) is 9.78 Å². The molecule has 0 aliphatic rings. The monoisotopic (exact) mass is 229 g/mol. The number of hydrogen-bond acceptors (Lipinski definition) is 2. The highest BCUT2D eigenvalue weighted by molar-refractivity contribution is 5.93. The van der Waals surface area contributed by atoms with Crippen LogP contribution < -0.4 is 5.73 Å².